The quantitative estimate of drug-likeness (QED) is 0.483. The first kappa shape index (κ1) is 10.9. The summed E-state index contributed by atoms with van der Waals surface area (Å²) in [5, 5.41) is 3.24. The summed E-state index contributed by atoms with van der Waals surface area (Å²) in [6.07, 6.45) is -0.127. The second kappa shape index (κ2) is 5.51. The van der Waals surface area contributed by atoms with Crippen molar-refractivity contribution < 1.29 is 9.53 Å². The van der Waals surface area contributed by atoms with Crippen LogP contribution >= 0.6 is 0 Å². The molecule has 0 aromatic rings. The lowest BCUT2D eigenvalue weighted by Gasteiger charge is -2.14. The van der Waals surface area contributed by atoms with Gasteiger partial charge in [0.05, 0.1) is 5.29 Å². The summed E-state index contributed by atoms with van der Waals surface area (Å²) >= 11 is 0. The normalized spacial score (nSPS) is 11.9. The van der Waals surface area contributed by atoms with E-state index in [0.717, 1.165) is 11.4 Å². The maximum atomic E-state index is 11.0. The van der Waals surface area contributed by atoms with Crippen molar-refractivity contribution in [2.75, 3.05) is 6.54 Å². The van der Waals surface area contributed by atoms with Gasteiger partial charge in [0.15, 0.2) is 0 Å². The van der Waals surface area contributed by atoms with Crippen LogP contribution < -0.4 is 0 Å². The van der Waals surface area contributed by atoms with E-state index in [1.54, 1.807) is 13.8 Å². The molecule has 5 heteroatoms. The van der Waals surface area contributed by atoms with Crippen molar-refractivity contribution in [3.63, 3.8) is 0 Å². The van der Waals surface area contributed by atoms with Crippen molar-refractivity contribution in [2.45, 2.75) is 33.3 Å². The van der Waals surface area contributed by atoms with Crippen LogP contribution in [-0.4, -0.2) is 23.8 Å². The molecule has 0 aromatic heterocycles. The van der Waals surface area contributed by atoms with E-state index in [2.05, 4.69) is 5.29 Å². The molecular formula is C7H14N2O3. The summed E-state index contributed by atoms with van der Waals surface area (Å²) in [6, 6.07) is 0. The molecule has 0 aliphatic carbocycles. The largest absolute Gasteiger partial charge is 0.445 e. The summed E-state index contributed by atoms with van der Waals surface area (Å²) in [5.74, 6) is 0. The lowest BCUT2D eigenvalue weighted by atomic mass is 10.3. The molecule has 0 N–H and O–H groups in total. The number of nitroso groups, excluding NO2 is 1. The van der Waals surface area contributed by atoms with E-state index in [0.29, 0.717) is 0 Å². The van der Waals surface area contributed by atoms with E-state index in [4.69, 9.17) is 4.74 Å². The number of hydrogen-bond donors (Lipinski definition) is 0. The van der Waals surface area contributed by atoms with Crippen LogP contribution in [0.1, 0.15) is 27.2 Å². The van der Waals surface area contributed by atoms with Crippen molar-refractivity contribution >= 4 is 6.09 Å². The first-order chi connectivity index (χ1) is 5.65. The maximum Gasteiger partial charge on any atom is 0.433 e. The SMILES string of the molecule is CCC(C)OC(=O)N(CC)N=O. The van der Waals surface area contributed by atoms with Crippen LogP contribution in [-0.2, 0) is 4.74 Å². The highest BCUT2D eigenvalue weighted by molar-refractivity contribution is 5.67. The Hall–Kier alpha value is -1.13. The van der Waals surface area contributed by atoms with Gasteiger partial charge in [-0.15, -0.1) is 4.91 Å². The molecule has 0 rings (SSSR count). The zero-order valence-electron chi connectivity index (χ0n) is 7.61. The monoisotopic (exact) mass is 174 g/mol. The lowest BCUT2D eigenvalue weighted by molar-refractivity contribution is 0.0701. The first-order valence-electron chi connectivity index (χ1n) is 3.97. The fraction of sp³-hybridized carbons (Fsp3) is 0.857. The Balaban J connectivity index is 3.92. The first-order valence-corrected chi connectivity index (χ1v) is 3.97. The highest BCUT2D eigenvalue weighted by Crippen LogP contribution is 2.01. The molecule has 0 heterocycles. The average Bonchev–Trinajstić information content (AvgIpc) is 2.06. The van der Waals surface area contributed by atoms with E-state index in [1.807, 2.05) is 6.92 Å². The van der Waals surface area contributed by atoms with Crippen LogP contribution in [0.5, 0.6) is 0 Å². The predicted octanol–water partition coefficient (Wildman–Crippen LogP) is 1.92. The topological polar surface area (TPSA) is 59.0 Å². The molecule has 70 valence electrons. The average molecular weight is 174 g/mol. The molecule has 0 aliphatic rings. The van der Waals surface area contributed by atoms with Gasteiger partial charge in [0.1, 0.15) is 6.10 Å². The Labute approximate surface area is 71.6 Å². The Morgan fingerprint density at radius 2 is 2.17 bits per heavy atom. The zero-order chi connectivity index (χ0) is 9.56. The number of rotatable bonds is 4. The standard InChI is InChI=1S/C7H14N2O3/c1-4-6(3)12-7(10)9(5-2)8-11/h6H,4-5H2,1-3H3. The molecule has 1 atom stereocenters. The minimum absolute atomic E-state index is 0.173. The number of carbonyl (C=O) groups is 1. The van der Waals surface area contributed by atoms with Gasteiger partial charge in [-0.25, -0.2) is 4.79 Å². The third kappa shape index (κ3) is 3.32. The van der Waals surface area contributed by atoms with Gasteiger partial charge < -0.3 is 4.74 Å². The van der Waals surface area contributed by atoms with Crippen molar-refractivity contribution in [2.24, 2.45) is 5.29 Å². The number of carbonyl (C=O) groups excluding carboxylic acids is 1. The van der Waals surface area contributed by atoms with Crippen molar-refractivity contribution in [1.29, 1.82) is 0 Å². The van der Waals surface area contributed by atoms with Crippen LogP contribution in [0.4, 0.5) is 4.79 Å². The van der Waals surface area contributed by atoms with Crippen LogP contribution in [0, 0.1) is 4.91 Å². The Bertz CT molecular complexity index is 161. The third-order valence-electron chi connectivity index (χ3n) is 1.49. The molecule has 0 bridgehead atoms. The van der Waals surface area contributed by atoms with Gasteiger partial charge >= 0.3 is 6.09 Å². The summed E-state index contributed by atoms with van der Waals surface area (Å²) in [7, 11) is 0. The Morgan fingerprint density at radius 3 is 2.50 bits per heavy atom. The van der Waals surface area contributed by atoms with Gasteiger partial charge in [-0.1, -0.05) is 6.92 Å². The molecular weight excluding hydrogens is 160 g/mol. The van der Waals surface area contributed by atoms with Gasteiger partial charge in [-0.2, -0.15) is 5.01 Å². The van der Waals surface area contributed by atoms with E-state index < -0.39 is 6.09 Å². The summed E-state index contributed by atoms with van der Waals surface area (Å²) in [4.78, 5) is 21.0. The molecule has 0 saturated heterocycles. The van der Waals surface area contributed by atoms with Gasteiger partial charge in [0, 0.05) is 6.54 Å². The van der Waals surface area contributed by atoms with Crippen LogP contribution in [0.15, 0.2) is 5.29 Å². The van der Waals surface area contributed by atoms with Gasteiger partial charge in [-0.05, 0) is 20.3 Å². The fourth-order valence-corrected chi connectivity index (χ4v) is 0.536. The van der Waals surface area contributed by atoms with Gasteiger partial charge in [0.25, 0.3) is 0 Å². The van der Waals surface area contributed by atoms with Gasteiger partial charge in [-0.3, -0.25) is 0 Å². The number of hydrogen-bond acceptors (Lipinski definition) is 4. The molecule has 0 spiro atoms. The minimum Gasteiger partial charge on any atom is -0.445 e. The third-order valence-corrected chi connectivity index (χ3v) is 1.49. The molecule has 0 fully saturated rings. The second-order valence-corrected chi connectivity index (χ2v) is 2.40. The van der Waals surface area contributed by atoms with Crippen molar-refractivity contribution in [1.82, 2.24) is 5.01 Å². The lowest BCUT2D eigenvalue weighted by Crippen LogP contribution is -2.28. The molecule has 12 heavy (non-hydrogen) atoms. The van der Waals surface area contributed by atoms with E-state index in [-0.39, 0.29) is 12.6 Å². The number of ether oxygens (including phenoxy) is 1. The molecule has 1 unspecified atom stereocenters. The Morgan fingerprint density at radius 1 is 1.58 bits per heavy atom. The van der Waals surface area contributed by atoms with E-state index in [1.165, 1.54) is 0 Å². The van der Waals surface area contributed by atoms with Crippen molar-refractivity contribution in [3.8, 4) is 0 Å². The molecule has 0 aromatic carbocycles. The van der Waals surface area contributed by atoms with Crippen LogP contribution in [0.3, 0.4) is 0 Å². The number of nitrogens with zero attached hydrogens (tertiary/aromatic N) is 2. The summed E-state index contributed by atoms with van der Waals surface area (Å²) in [5.41, 5.74) is 0. The fourth-order valence-electron chi connectivity index (χ4n) is 0.536. The zero-order valence-corrected chi connectivity index (χ0v) is 7.61. The molecule has 0 saturated carbocycles. The smallest absolute Gasteiger partial charge is 0.433 e. The highest BCUT2D eigenvalue weighted by Gasteiger charge is 2.15. The van der Waals surface area contributed by atoms with Crippen LogP contribution in [0.2, 0.25) is 0 Å². The highest BCUT2D eigenvalue weighted by atomic mass is 16.6. The van der Waals surface area contributed by atoms with E-state index in [9.17, 15) is 9.70 Å². The minimum atomic E-state index is -0.679. The maximum absolute atomic E-state index is 11.0. The molecule has 1 amide bonds. The summed E-state index contributed by atoms with van der Waals surface area (Å²) < 4.78 is 4.84. The second-order valence-electron chi connectivity index (χ2n) is 2.40. The van der Waals surface area contributed by atoms with Gasteiger partial charge in [0.2, 0.25) is 0 Å². The summed E-state index contributed by atoms with van der Waals surface area (Å²) in [6.45, 7) is 5.54. The predicted molar refractivity (Wildman–Crippen MR) is 44.4 cm³/mol. The van der Waals surface area contributed by atoms with Crippen LogP contribution in [0.25, 0.3) is 0 Å². The number of amides is 1. The Kier molecular flexibility index (Phi) is 4.99. The molecule has 0 radical (unpaired) electrons. The van der Waals surface area contributed by atoms with E-state index >= 15 is 0 Å². The molecule has 5 nitrogen and oxygen atoms in total. The molecule has 0 aliphatic heterocycles. The van der Waals surface area contributed by atoms with Crippen molar-refractivity contribution in [3.05, 3.63) is 4.91 Å².